The summed E-state index contributed by atoms with van der Waals surface area (Å²) in [7, 11) is 0. The van der Waals surface area contributed by atoms with Crippen LogP contribution in [0.15, 0.2) is 5.10 Å². The number of unbranched alkanes of at least 4 members (excludes halogenated alkanes) is 16. The van der Waals surface area contributed by atoms with Gasteiger partial charge in [-0.3, -0.25) is 0 Å². The minimum Gasteiger partial charge on any atom is -0.350 e. The highest BCUT2D eigenvalue weighted by atomic mass is 16.2. The molecule has 0 aliphatic carbocycles. The Morgan fingerprint density at radius 3 is 1.38 bits per heavy atom. The van der Waals surface area contributed by atoms with Gasteiger partial charge in [-0.2, -0.15) is 5.10 Å². The minimum absolute atomic E-state index is 0.591. The van der Waals surface area contributed by atoms with Crippen molar-refractivity contribution in [3.63, 3.8) is 0 Å². The summed E-state index contributed by atoms with van der Waals surface area (Å²) in [5.41, 5.74) is 8.21. The van der Waals surface area contributed by atoms with E-state index in [9.17, 15) is 4.79 Å². The maximum atomic E-state index is 10.5. The predicted molar refractivity (Wildman–Crippen MR) is 115 cm³/mol. The molecule has 0 aliphatic heterocycles. The summed E-state index contributed by atoms with van der Waals surface area (Å²) in [5, 5.41) is 3.93. The Morgan fingerprint density at radius 1 is 0.692 bits per heavy atom. The quantitative estimate of drug-likeness (QED) is 0.143. The Morgan fingerprint density at radius 2 is 1.04 bits per heavy atom. The molecular weight excluding hydrogens is 322 g/mol. The van der Waals surface area contributed by atoms with Crippen LogP contribution in [0.5, 0.6) is 0 Å². The van der Waals surface area contributed by atoms with Crippen molar-refractivity contribution >= 4 is 11.7 Å². The first-order chi connectivity index (χ1) is 12.7. The van der Waals surface area contributed by atoms with Gasteiger partial charge in [0.2, 0.25) is 0 Å². The van der Waals surface area contributed by atoms with Crippen LogP contribution in [0.1, 0.15) is 129 Å². The number of amides is 2. The van der Waals surface area contributed by atoms with Crippen LogP contribution in [0.3, 0.4) is 0 Å². The maximum absolute atomic E-state index is 10.5. The number of hydrogen-bond acceptors (Lipinski definition) is 2. The maximum Gasteiger partial charge on any atom is 0.332 e. The van der Waals surface area contributed by atoms with Crippen LogP contribution in [-0.4, -0.2) is 11.7 Å². The number of hydrazone groups is 1. The van der Waals surface area contributed by atoms with Crippen LogP contribution in [0.25, 0.3) is 0 Å². The number of urea groups is 1. The summed E-state index contributed by atoms with van der Waals surface area (Å²) in [4.78, 5) is 10.5. The van der Waals surface area contributed by atoms with E-state index in [1.54, 1.807) is 0 Å². The van der Waals surface area contributed by atoms with E-state index < -0.39 is 6.03 Å². The number of carbonyl (C=O) groups is 1. The lowest BCUT2D eigenvalue weighted by Crippen LogP contribution is -2.25. The minimum atomic E-state index is -0.591. The van der Waals surface area contributed by atoms with E-state index in [0.717, 1.165) is 18.6 Å². The number of primary amides is 1. The van der Waals surface area contributed by atoms with Crippen molar-refractivity contribution in [1.82, 2.24) is 5.43 Å². The van der Waals surface area contributed by atoms with Crippen molar-refractivity contribution in [2.24, 2.45) is 10.8 Å². The van der Waals surface area contributed by atoms with E-state index in [0.29, 0.717) is 0 Å². The molecule has 0 aromatic carbocycles. The molecule has 0 rings (SSSR count). The van der Waals surface area contributed by atoms with Gasteiger partial charge in [0.1, 0.15) is 0 Å². The SMILES string of the molecule is CCCCCCCCCCCCCCCCCCCC(C)=NNC(N)=O. The van der Waals surface area contributed by atoms with Gasteiger partial charge in [0.15, 0.2) is 0 Å². The summed E-state index contributed by atoms with van der Waals surface area (Å²) in [6, 6.07) is -0.591. The summed E-state index contributed by atoms with van der Waals surface area (Å²) >= 11 is 0. The second-order valence-electron chi connectivity index (χ2n) is 7.73. The van der Waals surface area contributed by atoms with Crippen LogP contribution in [0.4, 0.5) is 4.79 Å². The number of hydrogen-bond donors (Lipinski definition) is 2. The molecule has 0 fully saturated rings. The van der Waals surface area contributed by atoms with Gasteiger partial charge in [-0.05, 0) is 19.8 Å². The monoisotopic (exact) mass is 367 g/mol. The summed E-state index contributed by atoms with van der Waals surface area (Å²) in [6.07, 6.45) is 24.5. The number of nitrogens with two attached hydrogens (primary N) is 1. The molecule has 0 heterocycles. The summed E-state index contributed by atoms with van der Waals surface area (Å²) < 4.78 is 0. The third-order valence-corrected chi connectivity index (χ3v) is 5.00. The lowest BCUT2D eigenvalue weighted by Gasteiger charge is -2.04. The van der Waals surface area contributed by atoms with Gasteiger partial charge in [-0.15, -0.1) is 0 Å². The van der Waals surface area contributed by atoms with Gasteiger partial charge in [-0.1, -0.05) is 110 Å². The molecule has 0 atom stereocenters. The van der Waals surface area contributed by atoms with Crippen LogP contribution in [-0.2, 0) is 0 Å². The standard InChI is InChI=1S/C22H45N3O/c1-3-4-5-6-7-8-9-10-11-12-13-14-15-16-17-18-19-20-21(2)24-25-22(23)26/h3-20H2,1-2H3,(H3,23,25,26). The molecule has 0 spiro atoms. The van der Waals surface area contributed by atoms with E-state index in [2.05, 4.69) is 17.5 Å². The topological polar surface area (TPSA) is 67.5 Å². The van der Waals surface area contributed by atoms with Crippen molar-refractivity contribution in [3.05, 3.63) is 0 Å². The van der Waals surface area contributed by atoms with Gasteiger partial charge in [0, 0.05) is 5.71 Å². The van der Waals surface area contributed by atoms with Gasteiger partial charge in [0.25, 0.3) is 0 Å². The zero-order valence-corrected chi connectivity index (χ0v) is 17.7. The molecule has 0 unspecified atom stereocenters. The predicted octanol–water partition coefficient (Wildman–Crippen LogP) is 7.07. The zero-order valence-electron chi connectivity index (χ0n) is 17.7. The fraction of sp³-hybridized carbons (Fsp3) is 0.909. The summed E-state index contributed by atoms with van der Waals surface area (Å²) in [5.74, 6) is 0. The molecule has 0 radical (unpaired) electrons. The van der Waals surface area contributed by atoms with Crippen molar-refractivity contribution in [2.45, 2.75) is 129 Å². The number of nitrogens with zero attached hydrogens (tertiary/aromatic N) is 1. The van der Waals surface area contributed by atoms with Crippen molar-refractivity contribution < 1.29 is 4.79 Å². The number of rotatable bonds is 19. The van der Waals surface area contributed by atoms with E-state index in [-0.39, 0.29) is 0 Å². The molecule has 2 amide bonds. The van der Waals surface area contributed by atoms with Crippen LogP contribution in [0.2, 0.25) is 0 Å². The van der Waals surface area contributed by atoms with Gasteiger partial charge >= 0.3 is 6.03 Å². The normalized spacial score (nSPS) is 11.7. The third-order valence-electron chi connectivity index (χ3n) is 5.00. The zero-order chi connectivity index (χ0) is 19.3. The highest BCUT2D eigenvalue weighted by Crippen LogP contribution is 2.14. The van der Waals surface area contributed by atoms with E-state index >= 15 is 0 Å². The first-order valence-electron chi connectivity index (χ1n) is 11.3. The van der Waals surface area contributed by atoms with Gasteiger partial charge in [-0.25, -0.2) is 10.2 Å². The molecule has 154 valence electrons. The molecule has 0 saturated heterocycles. The highest BCUT2D eigenvalue weighted by molar-refractivity contribution is 5.83. The molecule has 0 aromatic heterocycles. The van der Waals surface area contributed by atoms with E-state index in [4.69, 9.17) is 5.73 Å². The second-order valence-corrected chi connectivity index (χ2v) is 7.73. The molecular formula is C22H45N3O. The average molecular weight is 368 g/mol. The molecule has 0 bridgehead atoms. The fourth-order valence-corrected chi connectivity index (χ4v) is 3.31. The fourth-order valence-electron chi connectivity index (χ4n) is 3.31. The number of carbonyl (C=O) groups excluding carboxylic acids is 1. The Bertz CT molecular complexity index is 342. The van der Waals surface area contributed by atoms with E-state index in [1.165, 1.54) is 103 Å². The first-order valence-corrected chi connectivity index (χ1v) is 11.3. The van der Waals surface area contributed by atoms with Gasteiger partial charge < -0.3 is 5.73 Å². The van der Waals surface area contributed by atoms with Crippen molar-refractivity contribution in [2.75, 3.05) is 0 Å². The third kappa shape index (κ3) is 21.0. The highest BCUT2D eigenvalue weighted by Gasteiger charge is 1.96. The Kier molecular flexibility index (Phi) is 19.4. The molecule has 0 aromatic rings. The van der Waals surface area contributed by atoms with Gasteiger partial charge in [0.05, 0.1) is 0 Å². The number of nitrogens with one attached hydrogen (secondary N) is 1. The lowest BCUT2D eigenvalue weighted by atomic mass is 10.0. The molecule has 4 nitrogen and oxygen atoms in total. The average Bonchev–Trinajstić information content (AvgIpc) is 2.62. The largest absolute Gasteiger partial charge is 0.350 e. The van der Waals surface area contributed by atoms with Crippen LogP contribution < -0.4 is 11.2 Å². The van der Waals surface area contributed by atoms with Crippen molar-refractivity contribution in [3.8, 4) is 0 Å². The lowest BCUT2D eigenvalue weighted by molar-refractivity contribution is 0.249. The van der Waals surface area contributed by atoms with Crippen LogP contribution >= 0.6 is 0 Å². The Balaban J connectivity index is 3.13. The molecule has 26 heavy (non-hydrogen) atoms. The smallest absolute Gasteiger partial charge is 0.332 e. The molecule has 0 saturated carbocycles. The van der Waals surface area contributed by atoms with E-state index in [1.807, 2.05) is 6.92 Å². The summed E-state index contributed by atoms with van der Waals surface area (Å²) in [6.45, 7) is 4.22. The first kappa shape index (κ1) is 24.9. The van der Waals surface area contributed by atoms with Crippen LogP contribution in [0, 0.1) is 0 Å². The Hall–Kier alpha value is -1.06. The molecule has 3 N–H and O–H groups in total. The van der Waals surface area contributed by atoms with Crippen molar-refractivity contribution in [1.29, 1.82) is 0 Å². The molecule has 0 aliphatic rings. The molecule has 4 heteroatoms. The second kappa shape index (κ2) is 20.3. The Labute approximate surface area is 162 Å².